The van der Waals surface area contributed by atoms with Crippen LogP contribution in [-0.4, -0.2) is 28.0 Å². The first-order valence-electron chi connectivity index (χ1n) is 9.63. The van der Waals surface area contributed by atoms with E-state index in [1.54, 1.807) is 31.4 Å². The Morgan fingerprint density at radius 3 is 2.13 bits per heavy atom. The van der Waals surface area contributed by atoms with Crippen LogP contribution in [0.15, 0.2) is 77.7 Å². The van der Waals surface area contributed by atoms with Gasteiger partial charge in [-0.1, -0.05) is 24.3 Å². The monoisotopic (exact) mass is 442 g/mol. The second-order valence-corrected chi connectivity index (χ2v) is 8.56. The summed E-state index contributed by atoms with van der Waals surface area (Å²) in [5, 5.41) is 2.87. The van der Waals surface area contributed by atoms with E-state index in [1.165, 1.54) is 12.1 Å². The van der Waals surface area contributed by atoms with Crippen LogP contribution >= 0.6 is 0 Å². The summed E-state index contributed by atoms with van der Waals surface area (Å²) in [7, 11) is -2.20. The average Bonchev–Trinajstić information content (AvgIpc) is 2.76. The molecule has 8 heteroatoms. The van der Waals surface area contributed by atoms with Gasteiger partial charge in [0, 0.05) is 12.2 Å². The summed E-state index contributed by atoms with van der Waals surface area (Å²) in [6.07, 6.45) is 0.896. The molecule has 0 unspecified atom stereocenters. The Morgan fingerprint density at radius 1 is 0.903 bits per heavy atom. The summed E-state index contributed by atoms with van der Waals surface area (Å²) in [4.78, 5) is 12.1. The lowest BCUT2D eigenvalue weighted by molar-refractivity contribution is -0.120. The van der Waals surface area contributed by atoms with Gasteiger partial charge in [0.25, 0.3) is 10.0 Å². The second kappa shape index (κ2) is 10.1. The SMILES string of the molecule is COc1ccc(CCNC(=O)Cc2ccc(NS(=O)(=O)c3ccc(F)cc3)cc2)cc1. The van der Waals surface area contributed by atoms with Crippen LogP contribution in [0.3, 0.4) is 0 Å². The summed E-state index contributed by atoms with van der Waals surface area (Å²) < 4.78 is 45.2. The summed E-state index contributed by atoms with van der Waals surface area (Å²) in [5.41, 5.74) is 2.21. The highest BCUT2D eigenvalue weighted by atomic mass is 32.2. The molecule has 6 nitrogen and oxygen atoms in total. The maximum atomic E-state index is 13.0. The highest BCUT2D eigenvalue weighted by Gasteiger charge is 2.14. The average molecular weight is 443 g/mol. The van der Waals surface area contributed by atoms with E-state index in [2.05, 4.69) is 10.0 Å². The van der Waals surface area contributed by atoms with Gasteiger partial charge in [-0.05, 0) is 66.1 Å². The molecule has 3 rings (SSSR count). The molecule has 0 aliphatic heterocycles. The molecule has 3 aromatic carbocycles. The van der Waals surface area contributed by atoms with E-state index < -0.39 is 15.8 Å². The number of methoxy groups -OCH3 is 1. The minimum atomic E-state index is -3.81. The Morgan fingerprint density at radius 2 is 1.52 bits per heavy atom. The van der Waals surface area contributed by atoms with Gasteiger partial charge in [-0.25, -0.2) is 12.8 Å². The second-order valence-electron chi connectivity index (χ2n) is 6.88. The molecule has 162 valence electrons. The quantitative estimate of drug-likeness (QED) is 0.531. The number of amides is 1. The van der Waals surface area contributed by atoms with Crippen molar-refractivity contribution in [3.05, 3.63) is 89.7 Å². The number of carbonyl (C=O) groups excluding carboxylic acids is 1. The molecule has 31 heavy (non-hydrogen) atoms. The van der Waals surface area contributed by atoms with Gasteiger partial charge in [-0.3, -0.25) is 9.52 Å². The molecule has 0 aromatic heterocycles. The van der Waals surface area contributed by atoms with Crippen LogP contribution in [0.4, 0.5) is 10.1 Å². The molecule has 0 aliphatic carbocycles. The summed E-state index contributed by atoms with van der Waals surface area (Å²) in [6.45, 7) is 0.515. The summed E-state index contributed by atoms with van der Waals surface area (Å²) in [6, 6.07) is 18.8. The van der Waals surface area contributed by atoms with Gasteiger partial charge in [0.2, 0.25) is 5.91 Å². The minimum absolute atomic E-state index is 0.0331. The van der Waals surface area contributed by atoms with Crippen LogP contribution in [0, 0.1) is 5.82 Å². The predicted molar refractivity (Wildman–Crippen MR) is 117 cm³/mol. The predicted octanol–water partition coefficient (Wildman–Crippen LogP) is 3.54. The van der Waals surface area contributed by atoms with Crippen molar-refractivity contribution in [2.75, 3.05) is 18.4 Å². The molecular formula is C23H23FN2O4S. The van der Waals surface area contributed by atoms with E-state index in [4.69, 9.17) is 4.74 Å². The Kier molecular flexibility index (Phi) is 7.25. The molecule has 3 aromatic rings. The number of anilines is 1. The van der Waals surface area contributed by atoms with Crippen molar-refractivity contribution < 1.29 is 22.3 Å². The fraction of sp³-hybridized carbons (Fsp3) is 0.174. The Labute approximate surface area is 181 Å². The van der Waals surface area contributed by atoms with Gasteiger partial charge in [0.15, 0.2) is 0 Å². The van der Waals surface area contributed by atoms with Gasteiger partial charge in [0.1, 0.15) is 11.6 Å². The number of benzene rings is 3. The molecule has 0 heterocycles. The zero-order valence-corrected chi connectivity index (χ0v) is 17.8. The van der Waals surface area contributed by atoms with Crippen LogP contribution < -0.4 is 14.8 Å². The fourth-order valence-electron chi connectivity index (χ4n) is 2.90. The molecule has 0 aliphatic rings. The summed E-state index contributed by atoms with van der Waals surface area (Å²) in [5.74, 6) is 0.162. The number of nitrogens with one attached hydrogen (secondary N) is 2. The van der Waals surface area contributed by atoms with Gasteiger partial charge in [0.05, 0.1) is 18.4 Å². The van der Waals surface area contributed by atoms with Crippen molar-refractivity contribution in [1.29, 1.82) is 0 Å². The Balaban J connectivity index is 1.49. The van der Waals surface area contributed by atoms with Crippen molar-refractivity contribution in [2.45, 2.75) is 17.7 Å². The van der Waals surface area contributed by atoms with Crippen molar-refractivity contribution in [3.63, 3.8) is 0 Å². The lowest BCUT2D eigenvalue weighted by Gasteiger charge is -2.09. The zero-order chi connectivity index (χ0) is 22.3. The van der Waals surface area contributed by atoms with E-state index in [0.29, 0.717) is 18.7 Å². The molecule has 0 saturated carbocycles. The lowest BCUT2D eigenvalue weighted by atomic mass is 10.1. The number of ether oxygens (including phenoxy) is 1. The maximum absolute atomic E-state index is 13.0. The maximum Gasteiger partial charge on any atom is 0.261 e. The third kappa shape index (κ3) is 6.55. The Bertz CT molecular complexity index is 1110. The molecule has 2 N–H and O–H groups in total. The lowest BCUT2D eigenvalue weighted by Crippen LogP contribution is -2.27. The number of sulfonamides is 1. The van der Waals surface area contributed by atoms with Crippen molar-refractivity contribution in [2.24, 2.45) is 0 Å². The summed E-state index contributed by atoms with van der Waals surface area (Å²) >= 11 is 0. The van der Waals surface area contributed by atoms with Gasteiger partial charge in [-0.15, -0.1) is 0 Å². The van der Waals surface area contributed by atoms with E-state index in [9.17, 15) is 17.6 Å². The first-order valence-corrected chi connectivity index (χ1v) is 11.1. The molecule has 0 atom stereocenters. The number of rotatable bonds is 9. The zero-order valence-electron chi connectivity index (χ0n) is 17.0. The molecule has 0 saturated heterocycles. The van der Waals surface area contributed by atoms with Crippen LogP contribution in [0.5, 0.6) is 5.75 Å². The standard InChI is InChI=1S/C23H23FN2O4S/c1-30-21-10-4-17(5-11-21)14-15-25-23(27)16-18-2-8-20(9-3-18)26-31(28,29)22-12-6-19(24)7-13-22/h2-13,26H,14-16H2,1H3,(H,25,27). The topological polar surface area (TPSA) is 84.5 Å². The van der Waals surface area contributed by atoms with Crippen LogP contribution in [0.2, 0.25) is 0 Å². The highest BCUT2D eigenvalue weighted by molar-refractivity contribution is 7.92. The molecule has 1 amide bonds. The minimum Gasteiger partial charge on any atom is -0.497 e. The largest absolute Gasteiger partial charge is 0.497 e. The van der Waals surface area contributed by atoms with E-state index in [-0.39, 0.29) is 17.2 Å². The highest BCUT2D eigenvalue weighted by Crippen LogP contribution is 2.17. The van der Waals surface area contributed by atoms with Gasteiger partial charge >= 0.3 is 0 Å². The number of carbonyl (C=O) groups is 1. The molecule has 0 spiro atoms. The van der Waals surface area contributed by atoms with Crippen molar-refractivity contribution in [1.82, 2.24) is 5.32 Å². The molecule has 0 bridgehead atoms. The van der Waals surface area contributed by atoms with Crippen molar-refractivity contribution in [3.8, 4) is 5.75 Å². The van der Waals surface area contributed by atoms with E-state index in [0.717, 1.165) is 29.0 Å². The smallest absolute Gasteiger partial charge is 0.261 e. The number of hydrogen-bond donors (Lipinski definition) is 2. The normalized spacial score (nSPS) is 11.0. The third-order valence-electron chi connectivity index (χ3n) is 4.59. The van der Waals surface area contributed by atoms with E-state index in [1.807, 2.05) is 24.3 Å². The van der Waals surface area contributed by atoms with Crippen LogP contribution in [0.25, 0.3) is 0 Å². The first kappa shape index (κ1) is 22.3. The number of halogens is 1. The number of hydrogen-bond acceptors (Lipinski definition) is 4. The van der Waals surface area contributed by atoms with Gasteiger partial charge < -0.3 is 10.1 Å². The molecule has 0 radical (unpaired) electrons. The fourth-order valence-corrected chi connectivity index (χ4v) is 3.96. The first-order chi connectivity index (χ1) is 14.9. The van der Waals surface area contributed by atoms with Crippen LogP contribution in [-0.2, 0) is 27.7 Å². The van der Waals surface area contributed by atoms with E-state index >= 15 is 0 Å². The van der Waals surface area contributed by atoms with Gasteiger partial charge in [-0.2, -0.15) is 0 Å². The molecule has 0 fully saturated rings. The third-order valence-corrected chi connectivity index (χ3v) is 5.99. The Hall–Kier alpha value is -3.39. The molecular weight excluding hydrogens is 419 g/mol. The van der Waals surface area contributed by atoms with Crippen LogP contribution in [0.1, 0.15) is 11.1 Å². The van der Waals surface area contributed by atoms with Crippen molar-refractivity contribution >= 4 is 21.6 Å².